The number of Topliss-reactive ketones (excluding diaryl/α,β-unsaturated/α-hetero) is 1. The Hall–Kier alpha value is -0.370. The van der Waals surface area contributed by atoms with Crippen LogP contribution in [0.2, 0.25) is 0 Å². The van der Waals surface area contributed by atoms with E-state index >= 15 is 0 Å². The lowest BCUT2D eigenvalue weighted by molar-refractivity contribution is -0.128. The molecule has 2 nitrogen and oxygen atoms in total. The number of rotatable bonds is 4. The molecule has 1 unspecified atom stereocenters. The Bertz CT molecular complexity index is 169. The maximum Gasteiger partial charge on any atom is 0.135 e. The number of aliphatic hydroxyl groups is 1. The third-order valence-corrected chi connectivity index (χ3v) is 2.54. The molecule has 1 atom stereocenters. The van der Waals surface area contributed by atoms with Gasteiger partial charge in [0, 0.05) is 5.41 Å². The van der Waals surface area contributed by atoms with Gasteiger partial charge in [-0.15, -0.1) is 0 Å². The quantitative estimate of drug-likeness (QED) is 0.705. The van der Waals surface area contributed by atoms with Crippen LogP contribution in [0.15, 0.2) is 0 Å². The van der Waals surface area contributed by atoms with Gasteiger partial charge in [0.15, 0.2) is 0 Å². The molecule has 0 aliphatic heterocycles. The van der Waals surface area contributed by atoms with E-state index in [4.69, 9.17) is 0 Å². The van der Waals surface area contributed by atoms with Crippen LogP contribution in [0.4, 0.5) is 0 Å². The van der Waals surface area contributed by atoms with E-state index in [0.717, 1.165) is 0 Å². The van der Waals surface area contributed by atoms with Crippen LogP contribution < -0.4 is 0 Å². The summed E-state index contributed by atoms with van der Waals surface area (Å²) >= 11 is 0. The van der Waals surface area contributed by atoms with Crippen LogP contribution in [-0.2, 0) is 4.79 Å². The van der Waals surface area contributed by atoms with Gasteiger partial charge in [0.05, 0.1) is 5.60 Å². The van der Waals surface area contributed by atoms with Gasteiger partial charge in [0.2, 0.25) is 0 Å². The molecule has 0 aliphatic rings. The van der Waals surface area contributed by atoms with Crippen LogP contribution in [0.1, 0.15) is 47.5 Å². The SMILES string of the molecule is CCC(C)(O)CC(C)(C)C(C)=O. The molecular formula is C10H20O2. The Balaban J connectivity index is 4.34. The molecule has 0 fully saturated rings. The van der Waals surface area contributed by atoms with Crippen LogP contribution in [0.3, 0.4) is 0 Å². The summed E-state index contributed by atoms with van der Waals surface area (Å²) in [6.07, 6.45) is 1.22. The predicted molar refractivity (Wildman–Crippen MR) is 50.0 cm³/mol. The van der Waals surface area contributed by atoms with E-state index < -0.39 is 11.0 Å². The first-order valence-electron chi connectivity index (χ1n) is 4.45. The van der Waals surface area contributed by atoms with Crippen molar-refractivity contribution in [3.63, 3.8) is 0 Å². The van der Waals surface area contributed by atoms with Crippen molar-refractivity contribution in [3.05, 3.63) is 0 Å². The molecular weight excluding hydrogens is 152 g/mol. The van der Waals surface area contributed by atoms with Crippen LogP contribution in [0.5, 0.6) is 0 Å². The zero-order chi connectivity index (χ0) is 9.99. The lowest BCUT2D eigenvalue weighted by Gasteiger charge is -2.31. The largest absolute Gasteiger partial charge is 0.390 e. The van der Waals surface area contributed by atoms with Crippen LogP contribution in [0.25, 0.3) is 0 Å². The highest BCUT2D eigenvalue weighted by atomic mass is 16.3. The fourth-order valence-electron chi connectivity index (χ4n) is 1.20. The van der Waals surface area contributed by atoms with Crippen molar-refractivity contribution in [2.45, 2.75) is 53.1 Å². The average Bonchev–Trinajstić information content (AvgIpc) is 1.85. The molecule has 0 saturated carbocycles. The molecule has 0 amide bonds. The molecule has 0 aliphatic carbocycles. The first kappa shape index (κ1) is 11.6. The summed E-state index contributed by atoms with van der Waals surface area (Å²) in [5, 5.41) is 9.76. The van der Waals surface area contributed by atoms with Gasteiger partial charge in [-0.2, -0.15) is 0 Å². The topological polar surface area (TPSA) is 37.3 Å². The van der Waals surface area contributed by atoms with E-state index in [1.165, 1.54) is 0 Å². The molecule has 72 valence electrons. The first-order valence-corrected chi connectivity index (χ1v) is 4.45. The monoisotopic (exact) mass is 172 g/mol. The minimum atomic E-state index is -0.713. The summed E-state index contributed by atoms with van der Waals surface area (Å²) in [6, 6.07) is 0. The molecule has 0 rings (SSSR count). The smallest absolute Gasteiger partial charge is 0.135 e. The number of hydrogen-bond donors (Lipinski definition) is 1. The van der Waals surface area contributed by atoms with E-state index in [1.807, 2.05) is 20.8 Å². The van der Waals surface area contributed by atoms with Crippen LogP contribution in [-0.4, -0.2) is 16.5 Å². The van der Waals surface area contributed by atoms with E-state index in [0.29, 0.717) is 12.8 Å². The van der Waals surface area contributed by atoms with E-state index in [2.05, 4.69) is 0 Å². The predicted octanol–water partition coefficient (Wildman–Crippen LogP) is 2.15. The number of ketones is 1. The Morgan fingerprint density at radius 2 is 1.75 bits per heavy atom. The molecule has 1 N–H and O–H groups in total. The minimum absolute atomic E-state index is 0.135. The maximum absolute atomic E-state index is 11.1. The second kappa shape index (κ2) is 3.56. The minimum Gasteiger partial charge on any atom is -0.390 e. The van der Waals surface area contributed by atoms with E-state index in [-0.39, 0.29) is 5.78 Å². The second-order valence-corrected chi connectivity index (χ2v) is 4.47. The highest BCUT2D eigenvalue weighted by molar-refractivity contribution is 5.81. The van der Waals surface area contributed by atoms with Gasteiger partial charge in [0.1, 0.15) is 5.78 Å². The fraction of sp³-hybridized carbons (Fsp3) is 0.900. The van der Waals surface area contributed by atoms with Crippen molar-refractivity contribution in [1.29, 1.82) is 0 Å². The fourth-order valence-corrected chi connectivity index (χ4v) is 1.20. The average molecular weight is 172 g/mol. The molecule has 0 aromatic carbocycles. The van der Waals surface area contributed by atoms with Crippen molar-refractivity contribution in [1.82, 2.24) is 0 Å². The van der Waals surface area contributed by atoms with Crippen molar-refractivity contribution in [2.24, 2.45) is 5.41 Å². The summed E-state index contributed by atoms with van der Waals surface area (Å²) in [4.78, 5) is 11.1. The molecule has 12 heavy (non-hydrogen) atoms. The Morgan fingerprint density at radius 3 is 2.00 bits per heavy atom. The Morgan fingerprint density at radius 1 is 1.33 bits per heavy atom. The second-order valence-electron chi connectivity index (χ2n) is 4.47. The molecule has 0 saturated heterocycles. The highest BCUT2D eigenvalue weighted by Crippen LogP contribution is 2.30. The molecule has 0 spiro atoms. The zero-order valence-electron chi connectivity index (χ0n) is 8.77. The van der Waals surface area contributed by atoms with Gasteiger partial charge in [-0.05, 0) is 26.7 Å². The summed E-state index contributed by atoms with van der Waals surface area (Å²) < 4.78 is 0. The Kier molecular flexibility index (Phi) is 3.45. The third kappa shape index (κ3) is 3.35. The molecule has 0 aromatic rings. The maximum atomic E-state index is 11.1. The first-order chi connectivity index (χ1) is 5.21. The van der Waals surface area contributed by atoms with Crippen molar-refractivity contribution in [2.75, 3.05) is 0 Å². The molecule has 0 aromatic heterocycles. The van der Waals surface area contributed by atoms with Crippen molar-refractivity contribution >= 4 is 5.78 Å². The number of carbonyl (C=O) groups is 1. The molecule has 0 bridgehead atoms. The van der Waals surface area contributed by atoms with Crippen molar-refractivity contribution in [3.8, 4) is 0 Å². The molecule has 2 heteroatoms. The number of hydrogen-bond acceptors (Lipinski definition) is 2. The van der Waals surface area contributed by atoms with E-state index in [9.17, 15) is 9.90 Å². The summed E-state index contributed by atoms with van der Waals surface area (Å²) in [7, 11) is 0. The van der Waals surface area contributed by atoms with Crippen LogP contribution in [0, 0.1) is 5.41 Å². The van der Waals surface area contributed by atoms with Crippen molar-refractivity contribution < 1.29 is 9.90 Å². The van der Waals surface area contributed by atoms with Gasteiger partial charge >= 0.3 is 0 Å². The van der Waals surface area contributed by atoms with Gasteiger partial charge < -0.3 is 5.11 Å². The zero-order valence-corrected chi connectivity index (χ0v) is 8.77. The standard InChI is InChI=1S/C10H20O2/c1-6-10(5,12)7-9(3,4)8(2)11/h12H,6-7H2,1-5H3. The normalized spacial score (nSPS) is 17.2. The van der Waals surface area contributed by atoms with Gasteiger partial charge in [-0.3, -0.25) is 4.79 Å². The van der Waals surface area contributed by atoms with Gasteiger partial charge in [-0.25, -0.2) is 0 Å². The lowest BCUT2D eigenvalue weighted by Crippen LogP contribution is -2.34. The molecule has 0 heterocycles. The summed E-state index contributed by atoms with van der Waals surface area (Å²) in [5.74, 6) is 0.135. The highest BCUT2D eigenvalue weighted by Gasteiger charge is 2.32. The summed E-state index contributed by atoms with van der Waals surface area (Å²) in [6.45, 7) is 9.03. The lowest BCUT2D eigenvalue weighted by atomic mass is 9.77. The molecule has 0 radical (unpaired) electrons. The van der Waals surface area contributed by atoms with E-state index in [1.54, 1.807) is 13.8 Å². The number of carbonyl (C=O) groups excluding carboxylic acids is 1. The van der Waals surface area contributed by atoms with Crippen LogP contribution >= 0.6 is 0 Å². The Labute approximate surface area is 75.0 Å². The van der Waals surface area contributed by atoms with Gasteiger partial charge in [0.25, 0.3) is 0 Å². The summed E-state index contributed by atoms with van der Waals surface area (Å²) in [5.41, 5.74) is -1.12. The van der Waals surface area contributed by atoms with Gasteiger partial charge in [-0.1, -0.05) is 20.8 Å². The third-order valence-electron chi connectivity index (χ3n) is 2.54.